The van der Waals surface area contributed by atoms with Crippen LogP contribution in [0.25, 0.3) is 0 Å². The second kappa shape index (κ2) is 9.76. The summed E-state index contributed by atoms with van der Waals surface area (Å²) in [6, 6.07) is 8.78. The van der Waals surface area contributed by atoms with Gasteiger partial charge in [0.2, 0.25) is 0 Å². The quantitative estimate of drug-likeness (QED) is 0.222. The number of carbonyl (C=O) groups is 2. The maximum absolute atomic E-state index is 13.4. The van der Waals surface area contributed by atoms with Gasteiger partial charge in [0.05, 0.1) is 25.8 Å². The van der Waals surface area contributed by atoms with Crippen LogP contribution in [0.4, 0.5) is 0 Å². The molecule has 10 heteroatoms. The third kappa shape index (κ3) is 5.06. The number of hydrogen-bond donors (Lipinski definition) is 0. The van der Waals surface area contributed by atoms with E-state index in [0.29, 0.717) is 6.61 Å². The van der Waals surface area contributed by atoms with Gasteiger partial charge in [-0.2, -0.15) is 0 Å². The van der Waals surface area contributed by atoms with Crippen molar-refractivity contribution in [1.29, 1.82) is 0 Å². The number of β-lactam (4-membered cyclic amide) rings is 1. The molecule has 0 spiro atoms. The monoisotopic (exact) mass is 517 g/mol. The number of likely N-dealkylation sites (tertiary alicyclic amines) is 1. The zero-order valence-electron chi connectivity index (χ0n) is 22.0. The molecule has 0 radical (unpaired) electrons. The molecule has 0 bridgehead atoms. The van der Waals surface area contributed by atoms with E-state index in [2.05, 4.69) is 0 Å². The number of esters is 1. The lowest BCUT2D eigenvalue weighted by Crippen LogP contribution is -2.72. The fourth-order valence-electron chi connectivity index (χ4n) is 5.57. The zero-order chi connectivity index (χ0) is 26.5. The Balaban J connectivity index is 1.47. The summed E-state index contributed by atoms with van der Waals surface area (Å²) in [5.41, 5.74) is 1.03. The van der Waals surface area contributed by atoms with Crippen LogP contribution in [0, 0.1) is 0 Å². The van der Waals surface area contributed by atoms with E-state index in [1.807, 2.05) is 58.0 Å². The van der Waals surface area contributed by atoms with Gasteiger partial charge in [-0.1, -0.05) is 36.4 Å². The van der Waals surface area contributed by atoms with Crippen molar-refractivity contribution < 1.29 is 42.7 Å². The van der Waals surface area contributed by atoms with Gasteiger partial charge >= 0.3 is 5.97 Å². The lowest BCUT2D eigenvalue weighted by molar-refractivity contribution is -0.185. The van der Waals surface area contributed by atoms with Crippen LogP contribution >= 0.6 is 0 Å². The van der Waals surface area contributed by atoms with Crippen LogP contribution in [0.2, 0.25) is 0 Å². The van der Waals surface area contributed by atoms with E-state index in [0.717, 1.165) is 5.56 Å². The molecule has 4 heterocycles. The Morgan fingerprint density at radius 2 is 1.78 bits per heavy atom. The summed E-state index contributed by atoms with van der Waals surface area (Å²) in [4.78, 5) is 27.2. The van der Waals surface area contributed by atoms with Gasteiger partial charge in [0.1, 0.15) is 30.5 Å². The predicted octanol–water partition coefficient (Wildman–Crippen LogP) is 2.12. The Morgan fingerprint density at radius 1 is 1.05 bits per heavy atom. The summed E-state index contributed by atoms with van der Waals surface area (Å²) in [6.45, 7) is 7.60. The summed E-state index contributed by atoms with van der Waals surface area (Å²) in [7, 11) is 2.81. The first-order valence-electron chi connectivity index (χ1n) is 12.5. The second-order valence-electron chi connectivity index (χ2n) is 10.6. The number of methoxy groups -OCH3 is 2. The molecule has 1 unspecified atom stereocenters. The number of benzene rings is 1. The van der Waals surface area contributed by atoms with Gasteiger partial charge in [0.25, 0.3) is 5.91 Å². The van der Waals surface area contributed by atoms with E-state index in [9.17, 15) is 9.59 Å². The van der Waals surface area contributed by atoms with Crippen molar-refractivity contribution in [2.75, 3.05) is 20.8 Å². The number of hydrogen-bond acceptors (Lipinski definition) is 9. The number of carbonyl (C=O) groups excluding carboxylic acids is 2. The van der Waals surface area contributed by atoms with E-state index in [1.54, 1.807) is 11.0 Å². The molecule has 1 aromatic carbocycles. The molecule has 0 saturated carbocycles. The van der Waals surface area contributed by atoms with Crippen LogP contribution in [0.15, 0.2) is 42.5 Å². The number of ether oxygens (including phenoxy) is 7. The molecule has 1 amide bonds. The highest BCUT2D eigenvalue weighted by molar-refractivity contribution is 5.90. The Kier molecular flexibility index (Phi) is 6.93. The lowest BCUT2D eigenvalue weighted by Gasteiger charge is -2.50. The van der Waals surface area contributed by atoms with E-state index >= 15 is 0 Å². The summed E-state index contributed by atoms with van der Waals surface area (Å²) in [5.74, 6) is -2.48. The van der Waals surface area contributed by atoms with Crippen LogP contribution in [-0.4, -0.2) is 91.8 Å². The van der Waals surface area contributed by atoms with Crippen LogP contribution in [0.5, 0.6) is 0 Å². The minimum absolute atomic E-state index is 0.162. The van der Waals surface area contributed by atoms with Crippen molar-refractivity contribution >= 4 is 11.9 Å². The molecule has 4 aliphatic heterocycles. The molecule has 10 nitrogen and oxygen atoms in total. The standard InChI is InChI=1S/C27H35NO9/c1-26(2)33-14-17(35-26)22-21(36-27(3,4)37-22)16(12-13-18(29)31-5)28-19(24(32-6)25(28)30)23-20(34-23)15-10-8-7-9-11-15/h7-13,16-17,19-24H,14H2,1-6H3/b13-12+/t16-,17+,19+,20?,21+,22-,23-,24-/m0/s1. The highest BCUT2D eigenvalue weighted by Crippen LogP contribution is 2.49. The lowest BCUT2D eigenvalue weighted by atomic mass is 9.86. The van der Waals surface area contributed by atoms with Crippen LogP contribution < -0.4 is 0 Å². The number of rotatable bonds is 8. The van der Waals surface area contributed by atoms with Crippen LogP contribution in [0.1, 0.15) is 39.4 Å². The number of nitrogens with zero attached hydrogens (tertiary/aromatic N) is 1. The second-order valence-corrected chi connectivity index (χ2v) is 10.6. The first kappa shape index (κ1) is 26.3. The van der Waals surface area contributed by atoms with Crippen molar-refractivity contribution in [3.05, 3.63) is 48.0 Å². The third-order valence-corrected chi connectivity index (χ3v) is 7.22. The summed E-state index contributed by atoms with van der Waals surface area (Å²) in [5, 5.41) is 0. The van der Waals surface area contributed by atoms with E-state index in [-0.39, 0.29) is 24.2 Å². The molecule has 4 aliphatic rings. The maximum Gasteiger partial charge on any atom is 0.330 e. The van der Waals surface area contributed by atoms with Crippen molar-refractivity contribution in [2.24, 2.45) is 0 Å². The molecule has 0 aliphatic carbocycles. The molecule has 8 atom stereocenters. The summed E-state index contributed by atoms with van der Waals surface area (Å²) >= 11 is 0. The molecule has 5 rings (SSSR count). The van der Waals surface area contributed by atoms with E-state index < -0.39 is 48.0 Å². The van der Waals surface area contributed by atoms with Crippen molar-refractivity contribution in [3.63, 3.8) is 0 Å². The molecule has 37 heavy (non-hydrogen) atoms. The van der Waals surface area contributed by atoms with Gasteiger partial charge in [0, 0.05) is 13.2 Å². The highest BCUT2D eigenvalue weighted by Gasteiger charge is 2.64. The minimum Gasteiger partial charge on any atom is -0.466 e. The summed E-state index contributed by atoms with van der Waals surface area (Å²) in [6.07, 6.45) is 0.179. The Morgan fingerprint density at radius 3 is 2.41 bits per heavy atom. The molecule has 4 fully saturated rings. The number of amides is 1. The highest BCUT2D eigenvalue weighted by atomic mass is 16.8. The first-order chi connectivity index (χ1) is 17.5. The topological polar surface area (TPSA) is 105 Å². The van der Waals surface area contributed by atoms with Gasteiger partial charge in [0.15, 0.2) is 17.7 Å². The molecule has 0 N–H and O–H groups in total. The van der Waals surface area contributed by atoms with Gasteiger partial charge in [-0.15, -0.1) is 0 Å². The summed E-state index contributed by atoms with van der Waals surface area (Å²) < 4.78 is 41.0. The fourth-order valence-corrected chi connectivity index (χ4v) is 5.57. The number of epoxide rings is 1. The van der Waals surface area contributed by atoms with Crippen LogP contribution in [0.3, 0.4) is 0 Å². The average molecular weight is 518 g/mol. The molecular formula is C27H35NO9. The molecule has 4 saturated heterocycles. The molecule has 1 aromatic rings. The Labute approximate surface area is 216 Å². The van der Waals surface area contributed by atoms with Crippen molar-refractivity contribution in [1.82, 2.24) is 4.90 Å². The van der Waals surface area contributed by atoms with Gasteiger partial charge in [-0.05, 0) is 33.3 Å². The average Bonchev–Trinajstić information content (AvgIpc) is 3.45. The van der Waals surface area contributed by atoms with E-state index in [1.165, 1.54) is 20.3 Å². The fraction of sp³-hybridized carbons (Fsp3) is 0.630. The Bertz CT molecular complexity index is 1040. The minimum atomic E-state index is -0.949. The SMILES string of the molecule is COC(=O)/C=C/[C@@H]([C@H]1OC(C)(C)O[C@H]1[C@H]1COC(C)(C)O1)N1C(=O)[C@@H](OC)[C@H]1[C@@H]1OC1c1ccccc1. The van der Waals surface area contributed by atoms with Crippen molar-refractivity contribution in [2.45, 2.75) is 88.0 Å². The van der Waals surface area contributed by atoms with Crippen molar-refractivity contribution in [3.8, 4) is 0 Å². The zero-order valence-corrected chi connectivity index (χ0v) is 22.0. The molecule has 202 valence electrons. The Hall–Kier alpha value is -2.34. The van der Waals surface area contributed by atoms with Crippen LogP contribution in [-0.2, 0) is 42.7 Å². The third-order valence-electron chi connectivity index (χ3n) is 7.22. The predicted molar refractivity (Wildman–Crippen MR) is 129 cm³/mol. The molecular weight excluding hydrogens is 482 g/mol. The normalized spacial score (nSPS) is 37.0. The maximum atomic E-state index is 13.4. The molecule has 0 aromatic heterocycles. The first-order valence-corrected chi connectivity index (χ1v) is 12.5. The van der Waals surface area contributed by atoms with Gasteiger partial charge < -0.3 is 38.1 Å². The smallest absolute Gasteiger partial charge is 0.330 e. The van der Waals surface area contributed by atoms with E-state index in [4.69, 9.17) is 33.2 Å². The van der Waals surface area contributed by atoms with Gasteiger partial charge in [-0.25, -0.2) is 4.79 Å². The largest absolute Gasteiger partial charge is 0.466 e. The van der Waals surface area contributed by atoms with Gasteiger partial charge in [-0.3, -0.25) is 4.79 Å².